The molecular weight excluding hydrogens is 224 g/mol. The van der Waals surface area contributed by atoms with Crippen LogP contribution >= 0.6 is 0 Å². The highest BCUT2D eigenvalue weighted by Crippen LogP contribution is 2.19. The van der Waals surface area contributed by atoms with E-state index < -0.39 is 0 Å². The summed E-state index contributed by atoms with van der Waals surface area (Å²) >= 11 is 0. The predicted molar refractivity (Wildman–Crippen MR) is 74.4 cm³/mol. The molecule has 1 aromatic heterocycles. The molecule has 4 heteroatoms. The summed E-state index contributed by atoms with van der Waals surface area (Å²) in [5.74, 6) is 0. The van der Waals surface area contributed by atoms with Gasteiger partial charge in [0.2, 0.25) is 0 Å². The van der Waals surface area contributed by atoms with Gasteiger partial charge in [0, 0.05) is 37.9 Å². The molecule has 0 radical (unpaired) electrons. The lowest BCUT2D eigenvalue weighted by atomic mass is 10.0. The van der Waals surface area contributed by atoms with Gasteiger partial charge in [0.25, 0.3) is 0 Å². The Balaban J connectivity index is 1.86. The van der Waals surface area contributed by atoms with Crippen molar-refractivity contribution in [2.75, 3.05) is 19.6 Å². The molecule has 0 aliphatic carbocycles. The predicted octanol–water partition coefficient (Wildman–Crippen LogP) is 1.77. The minimum Gasteiger partial charge on any atom is -0.315 e. The molecule has 0 spiro atoms. The van der Waals surface area contributed by atoms with E-state index in [9.17, 15) is 0 Å². The first-order chi connectivity index (χ1) is 8.79. The highest BCUT2D eigenvalue weighted by molar-refractivity contribution is 5.04. The maximum absolute atomic E-state index is 4.26. The van der Waals surface area contributed by atoms with Crippen LogP contribution in [0.15, 0.2) is 12.4 Å². The number of likely N-dealkylation sites (tertiary alicyclic amines) is 1. The van der Waals surface area contributed by atoms with Crippen LogP contribution < -0.4 is 5.32 Å². The Morgan fingerprint density at radius 3 is 3.06 bits per heavy atom. The van der Waals surface area contributed by atoms with Gasteiger partial charge in [-0.05, 0) is 32.4 Å². The molecule has 1 unspecified atom stereocenters. The second kappa shape index (κ2) is 6.90. The summed E-state index contributed by atoms with van der Waals surface area (Å²) in [4.78, 5) is 2.61. The maximum atomic E-state index is 4.26. The molecule has 2 rings (SSSR count). The molecule has 102 valence electrons. The van der Waals surface area contributed by atoms with Crippen molar-refractivity contribution in [3.8, 4) is 0 Å². The molecule has 0 bridgehead atoms. The van der Waals surface area contributed by atoms with Gasteiger partial charge in [0.1, 0.15) is 0 Å². The quantitative estimate of drug-likeness (QED) is 0.781. The van der Waals surface area contributed by atoms with E-state index >= 15 is 0 Å². The van der Waals surface area contributed by atoms with Crippen LogP contribution in [0.1, 0.15) is 38.2 Å². The molecule has 0 saturated carbocycles. The summed E-state index contributed by atoms with van der Waals surface area (Å²) in [5, 5.41) is 7.82. The first-order valence-electron chi connectivity index (χ1n) is 7.22. The SMILES string of the molecule is CCCNCC1CCCCN1Cc1cnn(C)c1. The Morgan fingerprint density at radius 2 is 2.33 bits per heavy atom. The van der Waals surface area contributed by atoms with Gasteiger partial charge in [-0.15, -0.1) is 0 Å². The zero-order chi connectivity index (χ0) is 12.8. The molecular formula is C14H26N4. The van der Waals surface area contributed by atoms with Crippen molar-refractivity contribution >= 4 is 0 Å². The Hall–Kier alpha value is -0.870. The largest absolute Gasteiger partial charge is 0.315 e. The van der Waals surface area contributed by atoms with Crippen molar-refractivity contribution in [1.29, 1.82) is 0 Å². The number of nitrogens with one attached hydrogen (secondary N) is 1. The zero-order valence-corrected chi connectivity index (χ0v) is 11.7. The highest BCUT2D eigenvalue weighted by atomic mass is 15.2. The third-order valence-electron chi connectivity index (χ3n) is 3.70. The van der Waals surface area contributed by atoms with Crippen LogP contribution in [0.2, 0.25) is 0 Å². The number of rotatable bonds is 6. The molecule has 4 nitrogen and oxygen atoms in total. The van der Waals surface area contributed by atoms with Gasteiger partial charge in [0.15, 0.2) is 0 Å². The lowest BCUT2D eigenvalue weighted by Crippen LogP contribution is -2.45. The number of aromatic nitrogens is 2. The van der Waals surface area contributed by atoms with Gasteiger partial charge in [-0.2, -0.15) is 5.10 Å². The standard InChI is InChI=1S/C14H26N4/c1-3-7-15-10-14-6-4-5-8-18(14)12-13-9-16-17(2)11-13/h9,11,14-15H,3-8,10,12H2,1-2H3. The van der Waals surface area contributed by atoms with Crippen molar-refractivity contribution < 1.29 is 0 Å². The van der Waals surface area contributed by atoms with E-state index in [0.29, 0.717) is 6.04 Å². The van der Waals surface area contributed by atoms with E-state index in [1.54, 1.807) is 0 Å². The minimum atomic E-state index is 0.700. The monoisotopic (exact) mass is 250 g/mol. The number of hydrogen-bond acceptors (Lipinski definition) is 3. The Kier molecular flexibility index (Phi) is 5.20. The van der Waals surface area contributed by atoms with Crippen molar-refractivity contribution in [3.63, 3.8) is 0 Å². The lowest BCUT2D eigenvalue weighted by molar-refractivity contribution is 0.137. The van der Waals surface area contributed by atoms with Gasteiger partial charge < -0.3 is 5.32 Å². The summed E-state index contributed by atoms with van der Waals surface area (Å²) in [6, 6.07) is 0.700. The van der Waals surface area contributed by atoms with Crippen LogP contribution in [0, 0.1) is 0 Å². The normalized spacial score (nSPS) is 21.3. The molecule has 1 aliphatic rings. The molecule has 0 amide bonds. The van der Waals surface area contributed by atoms with E-state index in [4.69, 9.17) is 0 Å². The van der Waals surface area contributed by atoms with E-state index in [0.717, 1.165) is 19.6 Å². The van der Waals surface area contributed by atoms with E-state index in [1.807, 2.05) is 17.9 Å². The smallest absolute Gasteiger partial charge is 0.0534 e. The number of hydrogen-bond donors (Lipinski definition) is 1. The fraction of sp³-hybridized carbons (Fsp3) is 0.786. The highest BCUT2D eigenvalue weighted by Gasteiger charge is 2.22. The number of piperidine rings is 1. The molecule has 1 N–H and O–H groups in total. The molecule has 18 heavy (non-hydrogen) atoms. The second-order valence-electron chi connectivity index (χ2n) is 5.35. The number of nitrogens with zero attached hydrogens (tertiary/aromatic N) is 3. The van der Waals surface area contributed by atoms with Crippen LogP contribution in [-0.2, 0) is 13.6 Å². The van der Waals surface area contributed by atoms with Crippen molar-refractivity contribution in [1.82, 2.24) is 20.0 Å². The molecule has 1 atom stereocenters. The Bertz CT molecular complexity index is 347. The van der Waals surface area contributed by atoms with Crippen LogP contribution in [0.3, 0.4) is 0 Å². The summed E-state index contributed by atoms with van der Waals surface area (Å²) < 4.78 is 1.89. The average molecular weight is 250 g/mol. The maximum Gasteiger partial charge on any atom is 0.0534 e. The van der Waals surface area contributed by atoms with Gasteiger partial charge >= 0.3 is 0 Å². The zero-order valence-electron chi connectivity index (χ0n) is 11.7. The third-order valence-corrected chi connectivity index (χ3v) is 3.70. The second-order valence-corrected chi connectivity index (χ2v) is 5.35. The first-order valence-corrected chi connectivity index (χ1v) is 7.22. The summed E-state index contributed by atoms with van der Waals surface area (Å²) in [6.45, 7) is 6.77. The third kappa shape index (κ3) is 3.82. The van der Waals surface area contributed by atoms with Crippen LogP contribution in [0.4, 0.5) is 0 Å². The minimum absolute atomic E-state index is 0.700. The molecule has 0 aromatic carbocycles. The van der Waals surface area contributed by atoms with E-state index in [2.05, 4.69) is 28.4 Å². The topological polar surface area (TPSA) is 33.1 Å². The summed E-state index contributed by atoms with van der Waals surface area (Å²) in [7, 11) is 1.99. The van der Waals surface area contributed by atoms with E-state index in [1.165, 1.54) is 37.8 Å². The van der Waals surface area contributed by atoms with Gasteiger partial charge in [-0.25, -0.2) is 0 Å². The van der Waals surface area contributed by atoms with Crippen LogP contribution in [0.25, 0.3) is 0 Å². The fourth-order valence-electron chi connectivity index (χ4n) is 2.73. The summed E-state index contributed by atoms with van der Waals surface area (Å²) in [6.07, 6.45) is 9.38. The molecule has 1 aromatic rings. The molecule has 1 fully saturated rings. The van der Waals surface area contributed by atoms with Crippen molar-refractivity contribution in [2.45, 2.75) is 45.2 Å². The van der Waals surface area contributed by atoms with Crippen LogP contribution in [0.5, 0.6) is 0 Å². The molecule has 1 aliphatic heterocycles. The Labute approximate surface area is 110 Å². The van der Waals surface area contributed by atoms with Crippen molar-refractivity contribution in [2.24, 2.45) is 7.05 Å². The number of aryl methyl sites for hydroxylation is 1. The Morgan fingerprint density at radius 1 is 1.44 bits per heavy atom. The average Bonchev–Trinajstić information content (AvgIpc) is 2.77. The van der Waals surface area contributed by atoms with Crippen LogP contribution in [-0.4, -0.2) is 40.4 Å². The van der Waals surface area contributed by atoms with E-state index in [-0.39, 0.29) is 0 Å². The fourth-order valence-corrected chi connectivity index (χ4v) is 2.73. The molecule has 1 saturated heterocycles. The van der Waals surface area contributed by atoms with Gasteiger partial charge in [-0.3, -0.25) is 9.58 Å². The van der Waals surface area contributed by atoms with Crippen molar-refractivity contribution in [3.05, 3.63) is 18.0 Å². The lowest BCUT2D eigenvalue weighted by Gasteiger charge is -2.35. The summed E-state index contributed by atoms with van der Waals surface area (Å²) in [5.41, 5.74) is 1.33. The van der Waals surface area contributed by atoms with Gasteiger partial charge in [-0.1, -0.05) is 13.3 Å². The molecule has 2 heterocycles. The first kappa shape index (κ1) is 13.6. The van der Waals surface area contributed by atoms with Gasteiger partial charge in [0.05, 0.1) is 6.20 Å².